The van der Waals surface area contributed by atoms with E-state index in [1.165, 1.54) is 0 Å². The van der Waals surface area contributed by atoms with Crippen LogP contribution in [0.4, 0.5) is 12.9 Å². The van der Waals surface area contributed by atoms with Gasteiger partial charge in [-0.05, 0) is 0 Å². The molecule has 1 saturated heterocycles. The molecule has 1 rings (SSSR count). The normalized spacial score (nSPS) is 21.3. The van der Waals surface area contributed by atoms with Crippen molar-refractivity contribution in [2.75, 3.05) is 19.8 Å². The second kappa shape index (κ2) is 6.73. The molecule has 0 aromatic carbocycles. The van der Waals surface area contributed by atoms with Gasteiger partial charge in [-0.1, -0.05) is 0 Å². The summed E-state index contributed by atoms with van der Waals surface area (Å²) in [7, 11) is -3.67. The number of halogens is 3. The van der Waals surface area contributed by atoms with Gasteiger partial charge in [-0.2, -0.15) is 0 Å². The highest BCUT2D eigenvalue weighted by atomic mass is 19.4. The summed E-state index contributed by atoms with van der Waals surface area (Å²) in [5.74, 6) is -0.949. The van der Waals surface area contributed by atoms with E-state index in [2.05, 4.69) is 0 Å². The Morgan fingerprint density at radius 3 is 2.15 bits per heavy atom. The molecular formula is C5H8BF3O4. The summed E-state index contributed by atoms with van der Waals surface area (Å²) >= 11 is 0. The van der Waals surface area contributed by atoms with Crippen molar-refractivity contribution in [1.82, 2.24) is 0 Å². The molecule has 0 radical (unpaired) electrons. The number of carboxylic acids is 1. The number of hydrogen-bond acceptors (Lipinski definition) is 3. The first-order chi connectivity index (χ1) is 6.04. The van der Waals surface area contributed by atoms with Gasteiger partial charge in [-0.25, -0.2) is 4.79 Å². The third-order valence-corrected chi connectivity index (χ3v) is 1.09. The predicted octanol–water partition coefficient (Wildman–Crippen LogP) is 0.366. The largest absolute Gasteiger partial charge is 0.762 e. The van der Waals surface area contributed by atoms with Crippen molar-refractivity contribution >= 4 is 13.5 Å². The molecule has 1 N–H and O–H groups in total. The summed E-state index contributed by atoms with van der Waals surface area (Å²) in [5, 5.41) is 8.33. The van der Waals surface area contributed by atoms with E-state index in [-0.39, 0.29) is 6.61 Å². The minimum atomic E-state index is -3.67. The van der Waals surface area contributed by atoms with Crippen LogP contribution in [0.1, 0.15) is 0 Å². The topological polar surface area (TPSA) is 55.8 Å². The highest BCUT2D eigenvalue weighted by molar-refractivity contribution is 6.33. The lowest BCUT2D eigenvalue weighted by Crippen LogP contribution is -2.35. The van der Waals surface area contributed by atoms with Gasteiger partial charge in [-0.3, -0.25) is 12.9 Å². The third kappa shape index (κ3) is 7.60. The summed E-state index contributed by atoms with van der Waals surface area (Å²) in [6, 6.07) is 0. The lowest BCUT2D eigenvalue weighted by Gasteiger charge is -2.18. The van der Waals surface area contributed by atoms with E-state index in [1.807, 2.05) is 0 Å². The molecule has 0 bridgehead atoms. The Balaban J connectivity index is 0.000000310. The molecule has 1 unspecified atom stereocenters. The monoisotopic (exact) mass is 200 g/mol. The van der Waals surface area contributed by atoms with Crippen molar-refractivity contribution in [1.29, 1.82) is 0 Å². The van der Waals surface area contributed by atoms with Crippen molar-refractivity contribution in [3.63, 3.8) is 0 Å². The maximum absolute atomic E-state index is 10.1. The average Bonchev–Trinajstić information content (AvgIpc) is 2.05. The lowest BCUT2D eigenvalue weighted by molar-refractivity contribution is -0.164. The Hall–Kier alpha value is -0.755. The first-order valence-electron chi connectivity index (χ1n) is 3.38. The molecule has 0 amide bonds. The second-order valence-corrected chi connectivity index (χ2v) is 2.02. The molecule has 0 aliphatic carbocycles. The number of rotatable bonds is 1. The van der Waals surface area contributed by atoms with Crippen LogP contribution in [0.25, 0.3) is 0 Å². The predicted molar refractivity (Wildman–Crippen MR) is 37.3 cm³/mol. The Kier molecular flexibility index (Phi) is 6.34. The molecule has 4 nitrogen and oxygen atoms in total. The summed E-state index contributed by atoms with van der Waals surface area (Å²) in [4.78, 5) is 10.1. The molecule has 1 fully saturated rings. The van der Waals surface area contributed by atoms with Crippen molar-refractivity contribution in [2.45, 2.75) is 6.10 Å². The average molecular weight is 200 g/mol. The lowest BCUT2D eigenvalue weighted by atomic mass is 10.4. The van der Waals surface area contributed by atoms with Crippen LogP contribution in [0.2, 0.25) is 0 Å². The maximum atomic E-state index is 10.1. The number of hydrogen-bond donors (Lipinski definition) is 1. The van der Waals surface area contributed by atoms with Crippen LogP contribution < -0.4 is 0 Å². The summed E-state index contributed by atoms with van der Waals surface area (Å²) in [6.45, 7) is 1.07. The van der Waals surface area contributed by atoms with Crippen molar-refractivity contribution in [3.05, 3.63) is 0 Å². The van der Waals surface area contributed by atoms with Gasteiger partial charge in [0.1, 0.15) is 0 Å². The highest BCUT2D eigenvalue weighted by Crippen LogP contribution is 1.99. The van der Waals surface area contributed by atoms with E-state index in [1.54, 1.807) is 0 Å². The van der Waals surface area contributed by atoms with Gasteiger partial charge >= 0.3 is 13.5 Å². The van der Waals surface area contributed by atoms with Gasteiger partial charge in [0.2, 0.25) is 0 Å². The molecule has 1 aliphatic rings. The Bertz CT molecular complexity index is 148. The number of aliphatic carboxylic acids is 1. The minimum absolute atomic E-state index is 0.176. The van der Waals surface area contributed by atoms with E-state index in [0.29, 0.717) is 13.2 Å². The quantitative estimate of drug-likeness (QED) is 0.621. The van der Waals surface area contributed by atoms with Crippen LogP contribution in [-0.2, 0) is 14.3 Å². The minimum Gasteiger partial charge on any atom is -0.479 e. The van der Waals surface area contributed by atoms with Crippen LogP contribution in [0, 0.1) is 0 Å². The molecule has 1 heterocycles. The first kappa shape index (κ1) is 12.2. The van der Waals surface area contributed by atoms with Crippen molar-refractivity contribution in [2.24, 2.45) is 0 Å². The van der Waals surface area contributed by atoms with Crippen LogP contribution in [0.15, 0.2) is 0 Å². The molecular weight excluding hydrogens is 192 g/mol. The molecule has 0 aromatic rings. The van der Waals surface area contributed by atoms with Crippen LogP contribution >= 0.6 is 0 Å². The Morgan fingerprint density at radius 2 is 1.92 bits per heavy atom. The van der Waals surface area contributed by atoms with E-state index < -0.39 is 19.6 Å². The molecule has 1 aliphatic heterocycles. The van der Waals surface area contributed by atoms with Gasteiger partial charge in [0.15, 0.2) is 6.10 Å². The van der Waals surface area contributed by atoms with E-state index in [0.717, 1.165) is 0 Å². The second-order valence-electron chi connectivity index (χ2n) is 2.02. The maximum Gasteiger partial charge on any atom is 0.762 e. The fourth-order valence-electron chi connectivity index (χ4n) is 0.630. The molecule has 0 spiro atoms. The fraction of sp³-hybridized carbons (Fsp3) is 0.800. The summed E-state index contributed by atoms with van der Waals surface area (Å²) in [6.07, 6.45) is -0.751. The number of carboxylic acid groups (broad SMARTS) is 1. The first-order valence-corrected chi connectivity index (χ1v) is 3.38. The van der Waals surface area contributed by atoms with E-state index in [4.69, 9.17) is 14.6 Å². The molecule has 0 aromatic heterocycles. The highest BCUT2D eigenvalue weighted by Gasteiger charge is 2.20. The van der Waals surface area contributed by atoms with Gasteiger partial charge < -0.3 is 14.6 Å². The number of carbonyl (C=O) groups is 1. The molecule has 1 atom stereocenters. The van der Waals surface area contributed by atoms with Gasteiger partial charge in [0.05, 0.1) is 19.8 Å². The van der Waals surface area contributed by atoms with Crippen LogP contribution in [-0.4, -0.2) is 44.5 Å². The summed E-state index contributed by atoms with van der Waals surface area (Å²) in [5.41, 5.74) is 0. The molecule has 8 heteroatoms. The Morgan fingerprint density at radius 1 is 1.38 bits per heavy atom. The van der Waals surface area contributed by atoms with Crippen LogP contribution in [0.3, 0.4) is 0 Å². The van der Waals surface area contributed by atoms with E-state index >= 15 is 0 Å². The fourth-order valence-corrected chi connectivity index (χ4v) is 0.630. The SMILES string of the molecule is FB(F)F.O=C(O)C1COCCO1. The Labute approximate surface area is 72.8 Å². The van der Waals surface area contributed by atoms with E-state index in [9.17, 15) is 17.7 Å². The summed E-state index contributed by atoms with van der Waals surface area (Å²) < 4.78 is 38.7. The van der Waals surface area contributed by atoms with Crippen molar-refractivity contribution in [3.8, 4) is 0 Å². The van der Waals surface area contributed by atoms with Gasteiger partial charge in [-0.15, -0.1) is 0 Å². The standard InChI is InChI=1S/C5H8O4.BF3/c6-5(7)4-3-8-1-2-9-4;2-1(3)4/h4H,1-3H2,(H,6,7);. The zero-order chi connectivity index (χ0) is 10.3. The molecule has 13 heavy (non-hydrogen) atoms. The smallest absolute Gasteiger partial charge is 0.479 e. The third-order valence-electron chi connectivity index (χ3n) is 1.09. The zero-order valence-electron chi connectivity index (χ0n) is 6.58. The van der Waals surface area contributed by atoms with Gasteiger partial charge in [0.25, 0.3) is 0 Å². The zero-order valence-corrected chi connectivity index (χ0v) is 6.58. The number of ether oxygens (including phenoxy) is 2. The van der Waals surface area contributed by atoms with Crippen molar-refractivity contribution < 1.29 is 32.3 Å². The molecule has 76 valence electrons. The van der Waals surface area contributed by atoms with Crippen LogP contribution in [0.5, 0.6) is 0 Å². The van der Waals surface area contributed by atoms with Gasteiger partial charge in [0, 0.05) is 0 Å². The molecule has 0 saturated carbocycles.